The van der Waals surface area contributed by atoms with Gasteiger partial charge >= 0.3 is 0 Å². The van der Waals surface area contributed by atoms with E-state index in [1.54, 1.807) is 6.92 Å². The van der Waals surface area contributed by atoms with Crippen molar-refractivity contribution in [2.45, 2.75) is 43.6 Å². The molecule has 0 aliphatic carbocycles. The van der Waals surface area contributed by atoms with Crippen LogP contribution in [-0.2, 0) is 37.1 Å². The zero-order valence-electron chi connectivity index (χ0n) is 21.0. The number of nitriles is 2. The lowest BCUT2D eigenvalue weighted by molar-refractivity contribution is 0.0121. The minimum atomic E-state index is -3.01. The van der Waals surface area contributed by atoms with Crippen LogP contribution >= 0.6 is 22.6 Å². The number of hydrogen-bond acceptors (Lipinski definition) is 8. The molecule has 2 heterocycles. The summed E-state index contributed by atoms with van der Waals surface area (Å²) < 4.78 is 82.0. The largest absolute Gasteiger partial charge is 0.286 e. The Labute approximate surface area is 230 Å². The van der Waals surface area contributed by atoms with Gasteiger partial charge < -0.3 is 0 Å². The number of nitrogens with zero attached hydrogens (tertiary/aromatic N) is 6. The molecule has 3 unspecified atom stereocenters. The van der Waals surface area contributed by atoms with Crippen molar-refractivity contribution in [2.75, 3.05) is 17.4 Å². The van der Waals surface area contributed by atoms with Crippen molar-refractivity contribution in [1.29, 1.82) is 10.5 Å². The van der Waals surface area contributed by atoms with Crippen molar-refractivity contribution >= 4 is 42.0 Å². The normalized spacial score (nSPS) is 14.9. The lowest BCUT2D eigenvalue weighted by Gasteiger charge is -2.14. The first-order valence-electron chi connectivity index (χ1n) is 10.1. The highest BCUT2D eigenvalue weighted by Crippen LogP contribution is 2.28. The number of alkyl halides is 5. The van der Waals surface area contributed by atoms with E-state index < -0.39 is 36.6 Å². The molecule has 0 amide bonds. The molecule has 0 N–H and O–H groups in total. The molecule has 0 aliphatic heterocycles. The average Bonchev–Trinajstić information content (AvgIpc) is 2.79. The van der Waals surface area contributed by atoms with Gasteiger partial charge in [0.25, 0.3) is 11.8 Å². The van der Waals surface area contributed by atoms with Gasteiger partial charge in [0, 0.05) is 40.2 Å². The van der Waals surface area contributed by atoms with E-state index in [-0.39, 0.29) is 18.6 Å². The third kappa shape index (κ3) is 12.1. The fourth-order valence-corrected chi connectivity index (χ4v) is 4.51. The fraction of sp³-hybridized carbons (Fsp3) is 0.455. The van der Waals surface area contributed by atoms with Crippen LogP contribution in [-0.4, -0.2) is 35.8 Å². The standard InChI is InChI=1S/C11H13F2N3OS.C10H11F2N3OS.CH3I.H2/c1-8(18(3,17)16-7-14)9-4-5-10(15-6-9)11(2,12)13;1-10(11,12)9-4-3-8(5-14-9)6-17(2,16)15-7-13;1-2;/h4-6,8H,1-3H3;3-5H,6H2,1-2H3;1H3;1H/i;;;1+1. The predicted molar refractivity (Wildman–Crippen MR) is 146 cm³/mol. The molecule has 206 valence electrons. The Morgan fingerprint density at radius 1 is 0.946 bits per heavy atom. The molecule has 15 heteroatoms. The van der Waals surface area contributed by atoms with Gasteiger partial charge in [-0.3, -0.25) is 9.97 Å². The van der Waals surface area contributed by atoms with Crippen molar-refractivity contribution in [1.82, 2.24) is 9.97 Å². The third-order valence-corrected chi connectivity index (χ3v) is 7.89. The van der Waals surface area contributed by atoms with Crippen LogP contribution in [0, 0.1) is 22.9 Å². The summed E-state index contributed by atoms with van der Waals surface area (Å²) >= 11 is 2.15. The number of halogens is 5. The van der Waals surface area contributed by atoms with E-state index in [0.29, 0.717) is 11.1 Å². The van der Waals surface area contributed by atoms with Crippen LogP contribution in [0.25, 0.3) is 0 Å². The van der Waals surface area contributed by atoms with E-state index in [1.807, 2.05) is 4.93 Å². The molecule has 0 bridgehead atoms. The molecule has 0 saturated heterocycles. The van der Waals surface area contributed by atoms with Crippen LogP contribution in [0.2, 0.25) is 0 Å². The van der Waals surface area contributed by atoms with Gasteiger partial charge in [-0.1, -0.05) is 34.7 Å². The van der Waals surface area contributed by atoms with Crippen LogP contribution in [0.4, 0.5) is 17.6 Å². The monoisotopic (exact) mass is 677 g/mol. The van der Waals surface area contributed by atoms with Crippen LogP contribution in [0.1, 0.15) is 50.0 Å². The lowest BCUT2D eigenvalue weighted by atomic mass is 10.1. The second kappa shape index (κ2) is 14.5. The summed E-state index contributed by atoms with van der Waals surface area (Å²) in [5, 5.41) is 16.2. The Kier molecular flexibility index (Phi) is 13.6. The summed E-state index contributed by atoms with van der Waals surface area (Å²) in [4.78, 5) is 9.21. The van der Waals surface area contributed by atoms with E-state index in [0.717, 1.165) is 13.8 Å². The molecule has 2 rings (SSSR count). The van der Waals surface area contributed by atoms with E-state index in [9.17, 15) is 26.0 Å². The van der Waals surface area contributed by atoms with Gasteiger partial charge in [-0.15, -0.1) is 8.73 Å². The zero-order chi connectivity index (χ0) is 29.1. The zero-order valence-corrected chi connectivity index (χ0v) is 24.7. The van der Waals surface area contributed by atoms with Crippen molar-refractivity contribution in [3.8, 4) is 12.4 Å². The maximum absolute atomic E-state index is 13.0. The minimum absolute atomic E-state index is 0. The highest BCUT2D eigenvalue weighted by Gasteiger charge is 2.27. The first-order chi connectivity index (χ1) is 16.9. The molecular weight excluding hydrogens is 647 g/mol. The van der Waals surface area contributed by atoms with Crippen LogP contribution in [0.3, 0.4) is 0 Å². The number of hydrogen-bond donors (Lipinski definition) is 0. The molecule has 0 saturated carbocycles. The minimum Gasteiger partial charge on any atom is -0.255 e. The topological polar surface area (TPSA) is 132 Å². The van der Waals surface area contributed by atoms with E-state index >= 15 is 0 Å². The van der Waals surface area contributed by atoms with Crippen molar-refractivity contribution in [3.05, 3.63) is 59.2 Å². The number of pyridine rings is 2. The second-order valence-corrected chi connectivity index (χ2v) is 12.8. The number of aromatic nitrogens is 2. The molecular formula is C22H29F4IN6O2S2. The smallest absolute Gasteiger partial charge is 0.255 e. The highest BCUT2D eigenvalue weighted by atomic mass is 127. The summed E-state index contributed by atoms with van der Waals surface area (Å²) in [6, 6.07) is 5.21. The fourth-order valence-electron chi connectivity index (χ4n) is 2.52. The summed E-state index contributed by atoms with van der Waals surface area (Å²) in [6.45, 7) is 3.12. The quantitative estimate of drug-likeness (QED) is 0.150. The van der Waals surface area contributed by atoms with Gasteiger partial charge in [0.15, 0.2) is 0 Å². The molecule has 0 fully saturated rings. The van der Waals surface area contributed by atoms with E-state index in [1.165, 1.54) is 61.6 Å². The Balaban J connectivity index is 0. The molecule has 37 heavy (non-hydrogen) atoms. The highest BCUT2D eigenvalue weighted by molar-refractivity contribution is 14.1. The Hall–Kier alpha value is -2.37. The molecule has 0 aliphatic rings. The average molecular weight is 678 g/mol. The molecule has 3 atom stereocenters. The molecule has 8 nitrogen and oxygen atoms in total. The Morgan fingerprint density at radius 2 is 1.41 bits per heavy atom. The van der Waals surface area contributed by atoms with Crippen molar-refractivity contribution in [3.63, 3.8) is 0 Å². The first kappa shape index (κ1) is 34.6. The van der Waals surface area contributed by atoms with Gasteiger partial charge in [-0.2, -0.15) is 28.1 Å². The van der Waals surface area contributed by atoms with Crippen molar-refractivity contribution < 1.29 is 27.4 Å². The number of rotatable bonds is 6. The lowest BCUT2D eigenvalue weighted by Crippen LogP contribution is -2.12. The Morgan fingerprint density at radius 3 is 1.76 bits per heavy atom. The summed E-state index contributed by atoms with van der Waals surface area (Å²) in [5.74, 6) is -5.99. The van der Waals surface area contributed by atoms with Crippen LogP contribution in [0.5, 0.6) is 0 Å². The summed E-state index contributed by atoms with van der Waals surface area (Å²) in [6.07, 6.45) is 8.13. The van der Waals surface area contributed by atoms with Gasteiger partial charge in [-0.05, 0) is 35.1 Å². The summed E-state index contributed by atoms with van der Waals surface area (Å²) in [5.41, 5.74) is 0.318. The molecule has 0 aromatic carbocycles. The molecule has 0 radical (unpaired) electrons. The first-order valence-corrected chi connectivity index (χ1v) is 16.4. The predicted octanol–water partition coefficient (Wildman–Crippen LogP) is 6.40. The summed E-state index contributed by atoms with van der Waals surface area (Å²) in [7, 11) is -5.37. The molecule has 0 spiro atoms. The van der Waals surface area contributed by atoms with Gasteiger partial charge in [0.05, 0.1) is 30.5 Å². The molecule has 2 aromatic heterocycles. The third-order valence-electron chi connectivity index (χ3n) is 4.53. The second-order valence-electron chi connectivity index (χ2n) is 7.79. The van der Waals surface area contributed by atoms with Gasteiger partial charge in [-0.25, -0.2) is 8.42 Å². The Bertz CT molecular complexity index is 1350. The van der Waals surface area contributed by atoms with Crippen LogP contribution in [0.15, 0.2) is 45.4 Å². The van der Waals surface area contributed by atoms with E-state index in [4.69, 9.17) is 10.5 Å². The van der Waals surface area contributed by atoms with Crippen LogP contribution < -0.4 is 0 Å². The maximum atomic E-state index is 13.0. The molecule has 2 aromatic rings. The maximum Gasteiger partial charge on any atom is 0.286 e. The van der Waals surface area contributed by atoms with Gasteiger partial charge in [0.2, 0.25) is 12.4 Å². The SMILES string of the molecule is CC(F)(F)c1ccc(CS(C)(=O)=NC#N)cn1.CC(c1ccc(C(C)(F)F)nc1)S(C)(=O)=NC#N.CI.[2HH]. The van der Waals surface area contributed by atoms with E-state index in [2.05, 4.69) is 41.3 Å². The van der Waals surface area contributed by atoms with Crippen molar-refractivity contribution in [2.24, 2.45) is 8.73 Å². The van der Waals surface area contributed by atoms with Gasteiger partial charge in [0.1, 0.15) is 11.4 Å².